The van der Waals surface area contributed by atoms with E-state index < -0.39 is 56.4 Å². The van der Waals surface area contributed by atoms with Crippen LogP contribution in [0.25, 0.3) is 0 Å². The third kappa shape index (κ3) is 11.0. The molecule has 0 aliphatic carbocycles. The molecule has 274 valence electrons. The molecule has 3 aliphatic heterocycles. The lowest BCUT2D eigenvalue weighted by molar-refractivity contribution is -0.126. The molecule has 0 radical (unpaired) electrons. The fraction of sp³-hybridized carbons (Fsp3) is 0.514. The van der Waals surface area contributed by atoms with Crippen LogP contribution in [0.15, 0.2) is 48.5 Å². The first kappa shape index (κ1) is 37.8. The van der Waals surface area contributed by atoms with Crippen LogP contribution in [0.1, 0.15) is 35.1 Å². The number of rotatable bonds is 10. The molecule has 12 nitrogen and oxygen atoms in total. The van der Waals surface area contributed by atoms with Gasteiger partial charge in [-0.25, -0.2) is 14.0 Å². The Hall–Kier alpha value is -4.45. The summed E-state index contributed by atoms with van der Waals surface area (Å²) in [6.45, 7) is 10.8. The van der Waals surface area contributed by atoms with Crippen molar-refractivity contribution in [2.45, 2.75) is 75.9 Å². The fourth-order valence-corrected chi connectivity index (χ4v) is 7.04. The third-order valence-electron chi connectivity index (χ3n) is 9.30. The van der Waals surface area contributed by atoms with Crippen molar-refractivity contribution in [1.29, 1.82) is 0 Å². The Morgan fingerprint density at radius 3 is 2.10 bits per heavy atom. The normalized spacial score (nSPS) is 22.2. The van der Waals surface area contributed by atoms with E-state index in [0.29, 0.717) is 0 Å². The van der Waals surface area contributed by atoms with Gasteiger partial charge in [0.15, 0.2) is 0 Å². The molecule has 5 rings (SSSR count). The molecule has 4 atom stereocenters. The minimum absolute atomic E-state index is 0.00157. The lowest BCUT2D eigenvalue weighted by Crippen LogP contribution is -2.49. The molecule has 0 saturated carbocycles. The van der Waals surface area contributed by atoms with Gasteiger partial charge in [-0.1, -0.05) is 55.7 Å². The number of hydrogen-bond acceptors (Lipinski definition) is 7. The summed E-state index contributed by atoms with van der Waals surface area (Å²) in [5.74, 6) is 5.32. The molecule has 14 heteroatoms. The summed E-state index contributed by atoms with van der Waals surface area (Å²) in [6.07, 6.45) is -3.62. The molecule has 3 saturated heterocycles. The number of carbonyl (C=O) groups excluding carboxylic acids is 3. The van der Waals surface area contributed by atoms with Crippen molar-refractivity contribution < 1.29 is 38.1 Å². The molecule has 0 spiro atoms. The van der Waals surface area contributed by atoms with E-state index in [1.54, 1.807) is 0 Å². The van der Waals surface area contributed by atoms with Crippen molar-refractivity contribution in [3.63, 3.8) is 0 Å². The number of alkyl halides is 1. The number of benzene rings is 2. The Balaban J connectivity index is 1.16. The molecule has 2 aromatic rings. The summed E-state index contributed by atoms with van der Waals surface area (Å²) in [4.78, 5) is 55.7. The first-order valence-corrected chi connectivity index (χ1v) is 21.2. The predicted octanol–water partition coefficient (Wildman–Crippen LogP) is 3.66. The third-order valence-corrected chi connectivity index (χ3v) is 11.0. The fourth-order valence-electron chi connectivity index (χ4n) is 6.33. The molecule has 0 aromatic heterocycles. The lowest BCUT2D eigenvalue weighted by atomic mass is 10.1. The van der Waals surface area contributed by atoms with Gasteiger partial charge in [0.1, 0.15) is 18.3 Å². The number of morpholine rings is 1. The zero-order chi connectivity index (χ0) is 36.5. The van der Waals surface area contributed by atoms with Crippen LogP contribution in [0.3, 0.4) is 0 Å². The van der Waals surface area contributed by atoms with Gasteiger partial charge in [-0.2, -0.15) is 0 Å². The minimum Gasteiger partial charge on any atom is -0.465 e. The second-order valence-corrected chi connectivity index (χ2v) is 20.2. The number of amides is 4. The van der Waals surface area contributed by atoms with Gasteiger partial charge in [0.2, 0.25) is 11.8 Å². The van der Waals surface area contributed by atoms with E-state index in [2.05, 4.69) is 59.1 Å². The maximum atomic E-state index is 14.0. The largest absolute Gasteiger partial charge is 0.465 e. The number of carboxylic acid groups (broad SMARTS) is 1. The van der Waals surface area contributed by atoms with E-state index >= 15 is 0 Å². The molecular weight excluding hydrogens is 674 g/mol. The average molecular weight is 722 g/mol. The molecule has 0 unspecified atom stereocenters. The van der Waals surface area contributed by atoms with Crippen molar-refractivity contribution in [2.75, 3.05) is 46.0 Å². The summed E-state index contributed by atoms with van der Waals surface area (Å²) < 4.78 is 25.0. The molecule has 51 heavy (non-hydrogen) atoms. The van der Waals surface area contributed by atoms with Gasteiger partial charge in [-0.05, 0) is 47.9 Å². The predicted molar refractivity (Wildman–Crippen MR) is 191 cm³/mol. The molecule has 3 N–H and O–H groups in total. The monoisotopic (exact) mass is 721 g/mol. The Kier molecular flexibility index (Phi) is 12.7. The van der Waals surface area contributed by atoms with Crippen molar-refractivity contribution in [2.24, 2.45) is 0 Å². The summed E-state index contributed by atoms with van der Waals surface area (Å²) in [5.41, 5.74) is 3.82. The zero-order valence-electron chi connectivity index (χ0n) is 29.5. The minimum atomic E-state index is -1.49. The SMILES string of the molecule is C[Si](C)(C)CCOC(=O)N1C[C@H](NC(=O)[C@@H]2C[C@H](F)CN2C(=O)O)C[C@@H]1C(=O)NCc1ccc(C#Cc2ccc(CN3CCOCC3)cc2)cc1. The van der Waals surface area contributed by atoms with Gasteiger partial charge in [-0.3, -0.25) is 24.3 Å². The molecular formula is C37H48FN5O7Si. The Morgan fingerprint density at radius 1 is 0.882 bits per heavy atom. The van der Waals surface area contributed by atoms with Crippen LogP contribution in [-0.4, -0.2) is 122 Å². The standard InChI is InChI=1S/C37H48FN5O7Si/c1-51(2,3)19-18-50-37(48)43-25-31(40-35(45)32-20-30(38)24-42(32)36(46)47)21-33(43)34(44)39-22-28-10-6-26(7-11-28)4-5-27-8-12-29(13-9-27)23-41-14-16-49-17-15-41/h6-13,30-33H,14-25H2,1-3H3,(H,39,44)(H,40,45)(H,46,47)/t30-,31+,32-,33+/m0/s1. The van der Waals surface area contributed by atoms with Crippen LogP contribution < -0.4 is 10.6 Å². The molecule has 3 heterocycles. The average Bonchev–Trinajstić information content (AvgIpc) is 3.71. The molecule has 4 amide bonds. The zero-order valence-corrected chi connectivity index (χ0v) is 30.5. The number of nitrogens with zero attached hydrogens (tertiary/aromatic N) is 3. The van der Waals surface area contributed by atoms with E-state index in [9.17, 15) is 28.7 Å². The lowest BCUT2D eigenvalue weighted by Gasteiger charge is -2.26. The highest BCUT2D eigenvalue weighted by molar-refractivity contribution is 6.76. The molecule has 0 bridgehead atoms. The maximum Gasteiger partial charge on any atom is 0.410 e. The van der Waals surface area contributed by atoms with Gasteiger partial charge in [0.25, 0.3) is 0 Å². The van der Waals surface area contributed by atoms with Gasteiger partial charge in [-0.15, -0.1) is 0 Å². The molecule has 2 aromatic carbocycles. The maximum absolute atomic E-state index is 14.0. The van der Waals surface area contributed by atoms with Crippen molar-refractivity contribution in [1.82, 2.24) is 25.3 Å². The first-order valence-electron chi connectivity index (χ1n) is 17.5. The smallest absolute Gasteiger partial charge is 0.410 e. The summed E-state index contributed by atoms with van der Waals surface area (Å²) >= 11 is 0. The van der Waals surface area contributed by atoms with Gasteiger partial charge in [0.05, 0.1) is 26.4 Å². The number of ether oxygens (including phenoxy) is 2. The van der Waals surface area contributed by atoms with Gasteiger partial charge in [0, 0.05) is 64.4 Å². The highest BCUT2D eigenvalue weighted by Crippen LogP contribution is 2.24. The summed E-state index contributed by atoms with van der Waals surface area (Å²) in [5, 5.41) is 15.1. The van der Waals surface area contributed by atoms with Gasteiger partial charge < -0.3 is 25.2 Å². The van der Waals surface area contributed by atoms with E-state index in [0.717, 1.165) is 60.5 Å². The van der Waals surface area contributed by atoms with E-state index in [-0.39, 0.29) is 39.1 Å². The van der Waals surface area contributed by atoms with Crippen LogP contribution in [0.4, 0.5) is 14.0 Å². The van der Waals surface area contributed by atoms with E-state index in [1.807, 2.05) is 36.4 Å². The number of nitrogens with one attached hydrogen (secondary N) is 2. The van der Waals surface area contributed by atoms with Crippen LogP contribution in [0, 0.1) is 11.8 Å². The first-order chi connectivity index (χ1) is 24.3. The van der Waals surface area contributed by atoms with Crippen molar-refractivity contribution in [3.05, 3.63) is 70.8 Å². The number of carbonyl (C=O) groups is 4. The van der Waals surface area contributed by atoms with Crippen LogP contribution >= 0.6 is 0 Å². The quantitative estimate of drug-likeness (QED) is 0.250. The second kappa shape index (κ2) is 17.2. The van der Waals surface area contributed by atoms with Crippen LogP contribution in [0.5, 0.6) is 0 Å². The molecule has 3 aliphatic rings. The van der Waals surface area contributed by atoms with Gasteiger partial charge >= 0.3 is 12.2 Å². The van der Waals surface area contributed by atoms with E-state index in [4.69, 9.17) is 9.47 Å². The summed E-state index contributed by atoms with van der Waals surface area (Å²) in [7, 11) is -1.49. The highest BCUT2D eigenvalue weighted by atomic mass is 28.3. The Bertz CT molecular complexity index is 1600. The number of halogens is 1. The molecule has 3 fully saturated rings. The Labute approximate surface area is 299 Å². The number of hydrogen-bond donors (Lipinski definition) is 3. The Morgan fingerprint density at radius 2 is 1.49 bits per heavy atom. The van der Waals surface area contributed by atoms with Crippen LogP contribution in [0.2, 0.25) is 25.7 Å². The number of likely N-dealkylation sites (tertiary alicyclic amines) is 2. The second-order valence-electron chi connectivity index (χ2n) is 14.6. The summed E-state index contributed by atoms with van der Waals surface area (Å²) in [6, 6.07) is 13.8. The van der Waals surface area contributed by atoms with E-state index in [1.165, 1.54) is 10.5 Å². The van der Waals surface area contributed by atoms with Crippen LogP contribution in [-0.2, 0) is 32.2 Å². The topological polar surface area (TPSA) is 141 Å². The van der Waals surface area contributed by atoms with Crippen molar-refractivity contribution in [3.8, 4) is 11.8 Å². The van der Waals surface area contributed by atoms with Crippen molar-refractivity contribution >= 4 is 32.1 Å². The highest BCUT2D eigenvalue weighted by Gasteiger charge is 2.44.